The molecule has 0 spiro atoms. The third kappa shape index (κ3) is 4.04. The Morgan fingerprint density at radius 1 is 1.28 bits per heavy atom. The Labute approximate surface area is 149 Å². The normalized spacial score (nSPS) is 23.9. The average molecular weight is 348 g/mol. The summed E-state index contributed by atoms with van der Waals surface area (Å²) in [6.45, 7) is 5.44. The van der Waals surface area contributed by atoms with Crippen molar-refractivity contribution >= 4 is 5.91 Å². The molecule has 2 saturated heterocycles. The number of rotatable bonds is 5. The zero-order chi connectivity index (χ0) is 17.8. The van der Waals surface area contributed by atoms with Crippen molar-refractivity contribution in [3.63, 3.8) is 0 Å². The molecule has 138 valence electrons. The maximum atomic E-state index is 14.9. The fourth-order valence-electron chi connectivity index (χ4n) is 4.25. The Kier molecular flexibility index (Phi) is 6.07. The number of hydrogen-bond donors (Lipinski definition) is 1. The van der Waals surface area contributed by atoms with Crippen molar-refractivity contribution < 1.29 is 13.9 Å². The minimum absolute atomic E-state index is 0.0955. The maximum absolute atomic E-state index is 14.9. The van der Waals surface area contributed by atoms with Crippen molar-refractivity contribution in [2.45, 2.75) is 38.5 Å². The van der Waals surface area contributed by atoms with E-state index in [2.05, 4.69) is 5.32 Å². The van der Waals surface area contributed by atoms with E-state index < -0.39 is 0 Å². The summed E-state index contributed by atoms with van der Waals surface area (Å²) in [5.41, 5.74) is 2.60. The first kappa shape index (κ1) is 18.3. The molecule has 1 amide bonds. The van der Waals surface area contributed by atoms with Crippen LogP contribution in [0.2, 0.25) is 0 Å². The first-order valence-electron chi connectivity index (χ1n) is 9.39. The van der Waals surface area contributed by atoms with Crippen LogP contribution in [0.1, 0.15) is 41.9 Å². The van der Waals surface area contributed by atoms with Gasteiger partial charge in [-0.3, -0.25) is 4.79 Å². The van der Waals surface area contributed by atoms with Gasteiger partial charge in [0.1, 0.15) is 5.82 Å². The van der Waals surface area contributed by atoms with Crippen LogP contribution >= 0.6 is 0 Å². The van der Waals surface area contributed by atoms with Crippen LogP contribution in [0.5, 0.6) is 0 Å². The van der Waals surface area contributed by atoms with Gasteiger partial charge in [-0.25, -0.2) is 4.39 Å². The summed E-state index contributed by atoms with van der Waals surface area (Å²) in [6, 6.07) is 3.63. The van der Waals surface area contributed by atoms with E-state index in [1.54, 1.807) is 13.2 Å². The molecular weight excluding hydrogens is 319 g/mol. The molecule has 1 aromatic rings. The van der Waals surface area contributed by atoms with Gasteiger partial charge in [0.15, 0.2) is 0 Å². The molecule has 1 aromatic carbocycles. The monoisotopic (exact) mass is 348 g/mol. The maximum Gasteiger partial charge on any atom is 0.227 e. The Hall–Kier alpha value is -1.46. The number of amides is 1. The van der Waals surface area contributed by atoms with Gasteiger partial charge >= 0.3 is 0 Å². The van der Waals surface area contributed by atoms with E-state index in [0.717, 1.165) is 37.1 Å². The summed E-state index contributed by atoms with van der Waals surface area (Å²) < 4.78 is 20.1. The lowest BCUT2D eigenvalue weighted by Gasteiger charge is -2.31. The third-order valence-corrected chi connectivity index (χ3v) is 5.51. The largest absolute Gasteiger partial charge is 0.384 e. The fraction of sp³-hybridized carbons (Fsp3) is 0.650. The van der Waals surface area contributed by atoms with Crippen molar-refractivity contribution in [3.05, 3.63) is 34.6 Å². The number of halogens is 1. The molecule has 5 heteroatoms. The number of nitrogens with one attached hydrogen (secondary N) is 1. The number of nitrogens with zero attached hydrogens (tertiary/aromatic N) is 1. The smallest absolute Gasteiger partial charge is 0.227 e. The predicted octanol–water partition coefficient (Wildman–Crippen LogP) is 2.64. The summed E-state index contributed by atoms with van der Waals surface area (Å²) in [7, 11) is 1.66. The van der Waals surface area contributed by atoms with Crippen LogP contribution in [0.3, 0.4) is 0 Å². The minimum atomic E-state index is -0.184. The minimum Gasteiger partial charge on any atom is -0.384 e. The number of likely N-dealkylation sites (tertiary alicyclic amines) is 1. The molecule has 2 heterocycles. The summed E-state index contributed by atoms with van der Waals surface area (Å²) >= 11 is 0. The van der Waals surface area contributed by atoms with Crippen molar-refractivity contribution in [1.29, 1.82) is 0 Å². The lowest BCUT2D eigenvalue weighted by atomic mass is 9.83. The zero-order valence-electron chi connectivity index (χ0n) is 15.3. The van der Waals surface area contributed by atoms with E-state index in [1.807, 2.05) is 17.9 Å². The highest BCUT2D eigenvalue weighted by Crippen LogP contribution is 2.35. The van der Waals surface area contributed by atoms with Crippen molar-refractivity contribution in [1.82, 2.24) is 10.2 Å². The molecule has 2 fully saturated rings. The highest BCUT2D eigenvalue weighted by Gasteiger charge is 2.38. The number of carbonyl (C=O) groups is 1. The number of aryl methyl sites for hydroxylation is 1. The van der Waals surface area contributed by atoms with Gasteiger partial charge < -0.3 is 15.0 Å². The second-order valence-electron chi connectivity index (χ2n) is 7.32. The molecule has 0 bridgehead atoms. The molecule has 25 heavy (non-hydrogen) atoms. The number of hydrogen-bond acceptors (Lipinski definition) is 3. The highest BCUT2D eigenvalue weighted by atomic mass is 19.1. The SMILES string of the molecule is COCCc1cc(C)cc(F)c1[C@@H]1CNCC1C(=O)N1CCCCC1. The van der Waals surface area contributed by atoms with E-state index in [1.165, 1.54) is 6.42 Å². The summed E-state index contributed by atoms with van der Waals surface area (Å²) in [6.07, 6.45) is 4.03. The third-order valence-electron chi connectivity index (χ3n) is 5.51. The molecule has 2 atom stereocenters. The van der Waals surface area contributed by atoms with Gasteiger partial charge in [-0.05, 0) is 55.4 Å². The average Bonchev–Trinajstić information content (AvgIpc) is 3.08. The second-order valence-corrected chi connectivity index (χ2v) is 7.32. The lowest BCUT2D eigenvalue weighted by molar-refractivity contribution is -0.136. The fourth-order valence-corrected chi connectivity index (χ4v) is 4.25. The number of methoxy groups -OCH3 is 1. The zero-order valence-corrected chi connectivity index (χ0v) is 15.3. The molecule has 2 aliphatic heterocycles. The van der Waals surface area contributed by atoms with Gasteiger partial charge in [-0.15, -0.1) is 0 Å². The first-order chi connectivity index (χ1) is 12.1. The molecular formula is C20H29FN2O2. The van der Waals surface area contributed by atoms with E-state index in [0.29, 0.717) is 31.7 Å². The molecule has 1 N–H and O–H groups in total. The Morgan fingerprint density at radius 3 is 2.76 bits per heavy atom. The van der Waals surface area contributed by atoms with Crippen molar-refractivity contribution in [3.8, 4) is 0 Å². The van der Waals surface area contributed by atoms with Crippen LogP contribution < -0.4 is 5.32 Å². The Morgan fingerprint density at radius 2 is 2.04 bits per heavy atom. The van der Waals surface area contributed by atoms with Crippen molar-refractivity contribution in [2.24, 2.45) is 5.92 Å². The number of piperidine rings is 1. The van der Waals surface area contributed by atoms with Gasteiger partial charge in [0, 0.05) is 39.2 Å². The Bertz CT molecular complexity index is 614. The molecule has 1 unspecified atom stereocenters. The van der Waals surface area contributed by atoms with Crippen LogP contribution in [0.15, 0.2) is 12.1 Å². The van der Waals surface area contributed by atoms with E-state index in [4.69, 9.17) is 4.74 Å². The second kappa shape index (κ2) is 8.28. The first-order valence-corrected chi connectivity index (χ1v) is 9.39. The van der Waals surface area contributed by atoms with Crippen molar-refractivity contribution in [2.75, 3.05) is 39.9 Å². The van der Waals surface area contributed by atoms with Crippen LogP contribution in [0.25, 0.3) is 0 Å². The molecule has 0 saturated carbocycles. The summed E-state index contributed by atoms with van der Waals surface area (Å²) in [5.74, 6) is -0.262. The summed E-state index contributed by atoms with van der Waals surface area (Å²) in [5, 5.41) is 3.32. The van der Waals surface area contributed by atoms with Gasteiger partial charge in [0.25, 0.3) is 0 Å². The molecule has 0 aliphatic carbocycles. The van der Waals surface area contributed by atoms with Crippen LogP contribution in [0, 0.1) is 18.7 Å². The quantitative estimate of drug-likeness (QED) is 0.889. The lowest BCUT2D eigenvalue weighted by Crippen LogP contribution is -2.41. The molecule has 0 aromatic heterocycles. The van der Waals surface area contributed by atoms with E-state index >= 15 is 0 Å². The molecule has 3 rings (SSSR count). The molecule has 4 nitrogen and oxygen atoms in total. The van der Waals surface area contributed by atoms with Crippen LogP contribution in [0.4, 0.5) is 4.39 Å². The van der Waals surface area contributed by atoms with E-state index in [-0.39, 0.29) is 23.6 Å². The van der Waals surface area contributed by atoms with Gasteiger partial charge in [0.2, 0.25) is 5.91 Å². The number of carbonyl (C=O) groups excluding carboxylic acids is 1. The predicted molar refractivity (Wildman–Crippen MR) is 96.2 cm³/mol. The number of ether oxygens (including phenoxy) is 1. The summed E-state index contributed by atoms with van der Waals surface area (Å²) in [4.78, 5) is 15.0. The standard InChI is InChI=1S/C20H29FN2O2/c1-14-10-15(6-9-25-2)19(18(21)11-14)16-12-22-13-17(16)20(24)23-7-4-3-5-8-23/h10-11,16-17,22H,3-9,12-13H2,1-2H3/t16-,17?/m1/s1. The molecule has 2 aliphatic rings. The van der Waals surface area contributed by atoms with Crippen LogP contribution in [-0.4, -0.2) is 50.7 Å². The van der Waals surface area contributed by atoms with Gasteiger partial charge in [-0.2, -0.15) is 0 Å². The Balaban J connectivity index is 1.87. The van der Waals surface area contributed by atoms with Gasteiger partial charge in [0.05, 0.1) is 12.5 Å². The topological polar surface area (TPSA) is 41.6 Å². The number of benzene rings is 1. The molecule has 0 radical (unpaired) electrons. The van der Waals surface area contributed by atoms with Crippen LogP contribution in [-0.2, 0) is 16.0 Å². The highest BCUT2D eigenvalue weighted by molar-refractivity contribution is 5.81. The van der Waals surface area contributed by atoms with E-state index in [9.17, 15) is 9.18 Å². The van der Waals surface area contributed by atoms with Gasteiger partial charge in [-0.1, -0.05) is 6.07 Å².